The fourth-order valence-corrected chi connectivity index (χ4v) is 2.85. The molecule has 16 heavy (non-hydrogen) atoms. The van der Waals surface area contributed by atoms with Gasteiger partial charge in [0.15, 0.2) is 17.3 Å². The lowest BCUT2D eigenvalue weighted by Gasteiger charge is -2.25. The summed E-state index contributed by atoms with van der Waals surface area (Å²) >= 11 is 0. The van der Waals surface area contributed by atoms with Crippen molar-refractivity contribution in [2.24, 2.45) is 11.8 Å². The fraction of sp³-hybridized carbons (Fsp3) is 0.769. The highest BCUT2D eigenvalue weighted by molar-refractivity contribution is 6.20. The Morgan fingerprint density at radius 3 is 2.00 bits per heavy atom. The van der Waals surface area contributed by atoms with Crippen LogP contribution in [-0.4, -0.2) is 17.3 Å². The quantitative estimate of drug-likeness (QED) is 0.672. The summed E-state index contributed by atoms with van der Waals surface area (Å²) in [6.45, 7) is 0. The average molecular weight is 222 g/mol. The van der Waals surface area contributed by atoms with Gasteiger partial charge in [0.1, 0.15) is 5.92 Å². The van der Waals surface area contributed by atoms with E-state index >= 15 is 0 Å². The molecule has 3 heteroatoms. The number of ketones is 3. The van der Waals surface area contributed by atoms with E-state index in [4.69, 9.17) is 0 Å². The normalized spacial score (nSPS) is 24.8. The van der Waals surface area contributed by atoms with E-state index in [0.717, 1.165) is 25.7 Å². The molecule has 0 aromatic heterocycles. The van der Waals surface area contributed by atoms with Crippen LogP contribution in [0.1, 0.15) is 51.4 Å². The third kappa shape index (κ3) is 2.23. The second-order valence-electron chi connectivity index (χ2n) is 4.96. The van der Waals surface area contributed by atoms with Gasteiger partial charge in [0.25, 0.3) is 0 Å². The topological polar surface area (TPSA) is 51.2 Å². The lowest BCUT2D eigenvalue weighted by molar-refractivity contribution is -0.144. The molecule has 0 atom stereocenters. The summed E-state index contributed by atoms with van der Waals surface area (Å²) in [5.74, 6) is -1.25. The van der Waals surface area contributed by atoms with Gasteiger partial charge in [0, 0.05) is 18.8 Å². The van der Waals surface area contributed by atoms with E-state index in [1.54, 1.807) is 0 Å². The fourth-order valence-electron chi connectivity index (χ4n) is 2.85. The third-order valence-corrected chi connectivity index (χ3v) is 3.78. The van der Waals surface area contributed by atoms with Crippen molar-refractivity contribution in [3.8, 4) is 0 Å². The molecule has 3 nitrogen and oxygen atoms in total. The van der Waals surface area contributed by atoms with Crippen molar-refractivity contribution < 1.29 is 14.4 Å². The van der Waals surface area contributed by atoms with Gasteiger partial charge in [-0.05, 0) is 19.3 Å². The van der Waals surface area contributed by atoms with Crippen LogP contribution in [0.3, 0.4) is 0 Å². The molecule has 2 rings (SSSR count). The molecule has 2 aliphatic rings. The maximum Gasteiger partial charge on any atom is 0.153 e. The molecule has 2 saturated carbocycles. The van der Waals surface area contributed by atoms with Crippen LogP contribution >= 0.6 is 0 Å². The molecular weight excluding hydrogens is 204 g/mol. The van der Waals surface area contributed by atoms with Crippen molar-refractivity contribution in [2.45, 2.75) is 51.4 Å². The summed E-state index contributed by atoms with van der Waals surface area (Å²) in [5, 5.41) is 0. The van der Waals surface area contributed by atoms with Crippen LogP contribution in [0.15, 0.2) is 0 Å². The van der Waals surface area contributed by atoms with Gasteiger partial charge < -0.3 is 0 Å². The second kappa shape index (κ2) is 4.89. The number of carbonyl (C=O) groups is 3. The number of hydrogen-bond donors (Lipinski definition) is 0. The van der Waals surface area contributed by atoms with Crippen molar-refractivity contribution in [1.29, 1.82) is 0 Å². The van der Waals surface area contributed by atoms with Crippen LogP contribution in [-0.2, 0) is 14.4 Å². The Balaban J connectivity index is 2.06. The molecule has 2 fully saturated rings. The van der Waals surface area contributed by atoms with E-state index < -0.39 is 5.92 Å². The van der Waals surface area contributed by atoms with Gasteiger partial charge in [0.05, 0.1) is 0 Å². The number of Topliss-reactive ketones (excluding diaryl/α,β-unsaturated/α-hetero) is 3. The Bertz CT molecular complexity index is 297. The summed E-state index contributed by atoms with van der Waals surface area (Å²) in [7, 11) is 0. The summed E-state index contributed by atoms with van der Waals surface area (Å²) in [6.07, 6.45) is 6.50. The zero-order valence-corrected chi connectivity index (χ0v) is 9.54. The molecule has 0 aromatic rings. The minimum Gasteiger partial charge on any atom is -0.298 e. The van der Waals surface area contributed by atoms with Gasteiger partial charge in [0.2, 0.25) is 0 Å². The van der Waals surface area contributed by atoms with Crippen LogP contribution < -0.4 is 0 Å². The van der Waals surface area contributed by atoms with Crippen molar-refractivity contribution >= 4 is 17.3 Å². The van der Waals surface area contributed by atoms with Gasteiger partial charge in [-0.3, -0.25) is 14.4 Å². The summed E-state index contributed by atoms with van der Waals surface area (Å²) in [4.78, 5) is 35.4. The van der Waals surface area contributed by atoms with Crippen LogP contribution in [0.2, 0.25) is 0 Å². The molecule has 0 heterocycles. The second-order valence-corrected chi connectivity index (χ2v) is 4.96. The molecule has 0 bridgehead atoms. The molecule has 0 aromatic carbocycles. The Labute approximate surface area is 95.6 Å². The van der Waals surface area contributed by atoms with E-state index in [-0.39, 0.29) is 23.3 Å². The van der Waals surface area contributed by atoms with E-state index in [1.165, 1.54) is 6.42 Å². The lowest BCUT2D eigenvalue weighted by atomic mass is 9.75. The third-order valence-electron chi connectivity index (χ3n) is 3.78. The summed E-state index contributed by atoms with van der Waals surface area (Å²) in [6, 6.07) is 0. The van der Waals surface area contributed by atoms with E-state index in [2.05, 4.69) is 0 Å². The van der Waals surface area contributed by atoms with Crippen LogP contribution in [0.25, 0.3) is 0 Å². The predicted octanol–water partition coefficient (Wildman–Crippen LogP) is 2.07. The van der Waals surface area contributed by atoms with Crippen LogP contribution in [0.4, 0.5) is 0 Å². The average Bonchev–Trinajstić information content (AvgIpc) is 2.30. The monoisotopic (exact) mass is 222 g/mol. The Kier molecular flexibility index (Phi) is 3.52. The number of hydrogen-bond acceptors (Lipinski definition) is 3. The molecule has 0 aliphatic heterocycles. The molecule has 0 saturated heterocycles. The number of carbonyl (C=O) groups excluding carboxylic acids is 3. The van der Waals surface area contributed by atoms with E-state index in [0.29, 0.717) is 19.3 Å². The molecule has 88 valence electrons. The predicted molar refractivity (Wildman–Crippen MR) is 58.9 cm³/mol. The first kappa shape index (κ1) is 11.5. The first-order chi connectivity index (χ1) is 7.70. The van der Waals surface area contributed by atoms with Gasteiger partial charge in [-0.25, -0.2) is 0 Å². The zero-order valence-electron chi connectivity index (χ0n) is 9.54. The van der Waals surface area contributed by atoms with Crippen molar-refractivity contribution in [3.05, 3.63) is 0 Å². The summed E-state index contributed by atoms with van der Waals surface area (Å²) in [5.41, 5.74) is 0. The van der Waals surface area contributed by atoms with Crippen molar-refractivity contribution in [1.82, 2.24) is 0 Å². The number of rotatable bonds is 2. The Hall–Kier alpha value is -0.990. The molecule has 0 unspecified atom stereocenters. The highest BCUT2D eigenvalue weighted by atomic mass is 16.2. The maximum absolute atomic E-state index is 12.1. The van der Waals surface area contributed by atoms with Gasteiger partial charge in [-0.15, -0.1) is 0 Å². The first-order valence-electron chi connectivity index (χ1n) is 6.29. The standard InChI is InChI=1S/C13H18O3/c14-10-7-4-8-11(15)12(10)13(16)9-5-2-1-3-6-9/h9,12H,1-8H2. The molecular formula is C13H18O3. The highest BCUT2D eigenvalue weighted by Gasteiger charge is 2.39. The summed E-state index contributed by atoms with van der Waals surface area (Å²) < 4.78 is 0. The van der Waals surface area contributed by atoms with Crippen LogP contribution in [0.5, 0.6) is 0 Å². The minimum atomic E-state index is -0.892. The molecule has 0 spiro atoms. The lowest BCUT2D eigenvalue weighted by Crippen LogP contribution is -2.39. The van der Waals surface area contributed by atoms with Gasteiger partial charge in [-0.1, -0.05) is 19.3 Å². The molecule has 0 N–H and O–H groups in total. The molecule has 2 aliphatic carbocycles. The SMILES string of the molecule is O=C1CCCC(=O)C1C(=O)C1CCCCC1. The molecule has 0 amide bonds. The first-order valence-corrected chi connectivity index (χ1v) is 6.29. The largest absolute Gasteiger partial charge is 0.298 e. The minimum absolute atomic E-state index is 0.0234. The maximum atomic E-state index is 12.1. The smallest absolute Gasteiger partial charge is 0.153 e. The van der Waals surface area contributed by atoms with Crippen molar-refractivity contribution in [3.63, 3.8) is 0 Å². The Morgan fingerprint density at radius 1 is 0.875 bits per heavy atom. The zero-order chi connectivity index (χ0) is 11.5. The van der Waals surface area contributed by atoms with E-state index in [9.17, 15) is 14.4 Å². The highest BCUT2D eigenvalue weighted by Crippen LogP contribution is 2.29. The van der Waals surface area contributed by atoms with E-state index in [1.807, 2.05) is 0 Å². The van der Waals surface area contributed by atoms with Crippen molar-refractivity contribution in [2.75, 3.05) is 0 Å². The van der Waals surface area contributed by atoms with Crippen LogP contribution in [0, 0.1) is 11.8 Å². The Morgan fingerprint density at radius 2 is 1.44 bits per heavy atom. The van der Waals surface area contributed by atoms with Gasteiger partial charge >= 0.3 is 0 Å². The van der Waals surface area contributed by atoms with Gasteiger partial charge in [-0.2, -0.15) is 0 Å². The molecule has 0 radical (unpaired) electrons.